The van der Waals surface area contributed by atoms with Crippen molar-refractivity contribution in [3.63, 3.8) is 0 Å². The molecule has 2 heteroatoms. The molecule has 0 radical (unpaired) electrons. The molecule has 0 spiro atoms. The molecular weight excluding hydrogens is 344 g/mol. The SMILES string of the molecule is Cc1cc(CCCCCC2(C)CC2)c(C)c(CCCCC2(OC=O)CC2)c1C. The zero-order chi connectivity index (χ0) is 20.2. The fourth-order valence-electron chi connectivity index (χ4n) is 4.75. The number of hydrogen-bond donors (Lipinski definition) is 0. The Morgan fingerprint density at radius 3 is 2.21 bits per heavy atom. The standard InChI is InChI=1S/C26H40O2/c1-20-18-23(10-6-5-8-12-25(4)14-15-25)22(3)24(21(20)2)11-7-9-13-26(16-17-26)28-19-27/h18-19H,5-17H2,1-4H3. The van der Waals surface area contributed by atoms with Crippen molar-refractivity contribution in [3.05, 3.63) is 33.9 Å². The molecule has 2 fully saturated rings. The molecule has 2 aliphatic rings. The van der Waals surface area contributed by atoms with Gasteiger partial charge in [-0.3, -0.25) is 4.79 Å². The Balaban J connectivity index is 1.48. The number of hydrogen-bond acceptors (Lipinski definition) is 2. The van der Waals surface area contributed by atoms with Crippen molar-refractivity contribution in [1.29, 1.82) is 0 Å². The van der Waals surface area contributed by atoms with E-state index in [1.807, 2.05) is 0 Å². The molecule has 0 aliphatic heterocycles. The highest BCUT2D eigenvalue weighted by atomic mass is 16.5. The lowest BCUT2D eigenvalue weighted by Crippen LogP contribution is -2.13. The van der Waals surface area contributed by atoms with Gasteiger partial charge >= 0.3 is 0 Å². The summed E-state index contributed by atoms with van der Waals surface area (Å²) in [6, 6.07) is 2.44. The van der Waals surface area contributed by atoms with Crippen LogP contribution >= 0.6 is 0 Å². The lowest BCUT2D eigenvalue weighted by molar-refractivity contribution is -0.135. The van der Waals surface area contributed by atoms with E-state index in [4.69, 9.17) is 4.74 Å². The van der Waals surface area contributed by atoms with Crippen LogP contribution in [0, 0.1) is 26.2 Å². The van der Waals surface area contributed by atoms with E-state index in [9.17, 15) is 4.79 Å². The van der Waals surface area contributed by atoms with Gasteiger partial charge in [0.15, 0.2) is 0 Å². The molecule has 3 rings (SSSR count). The summed E-state index contributed by atoms with van der Waals surface area (Å²) in [6.45, 7) is 9.98. The van der Waals surface area contributed by atoms with Gasteiger partial charge in [-0.2, -0.15) is 0 Å². The van der Waals surface area contributed by atoms with E-state index >= 15 is 0 Å². The molecule has 0 amide bonds. The molecule has 0 N–H and O–H groups in total. The highest BCUT2D eigenvalue weighted by Gasteiger charge is 2.44. The largest absolute Gasteiger partial charge is 0.461 e. The molecule has 0 saturated heterocycles. The van der Waals surface area contributed by atoms with Crippen LogP contribution < -0.4 is 0 Å². The summed E-state index contributed by atoms with van der Waals surface area (Å²) in [5.74, 6) is 0. The van der Waals surface area contributed by atoms with Crippen molar-refractivity contribution in [1.82, 2.24) is 0 Å². The predicted octanol–water partition coefficient (Wildman–Crippen LogP) is 6.93. The summed E-state index contributed by atoms with van der Waals surface area (Å²) in [7, 11) is 0. The van der Waals surface area contributed by atoms with Crippen LogP contribution in [-0.2, 0) is 22.4 Å². The minimum atomic E-state index is -0.0961. The van der Waals surface area contributed by atoms with Crippen molar-refractivity contribution in [2.45, 2.75) is 117 Å². The van der Waals surface area contributed by atoms with Crippen LogP contribution in [0.3, 0.4) is 0 Å². The molecule has 0 aromatic heterocycles. The molecule has 2 saturated carbocycles. The van der Waals surface area contributed by atoms with Crippen LogP contribution in [-0.4, -0.2) is 12.1 Å². The molecule has 156 valence electrons. The lowest BCUT2D eigenvalue weighted by Gasteiger charge is -2.18. The molecule has 28 heavy (non-hydrogen) atoms. The van der Waals surface area contributed by atoms with Gasteiger partial charge in [0.2, 0.25) is 0 Å². The molecule has 1 aromatic carbocycles. The van der Waals surface area contributed by atoms with Gasteiger partial charge in [-0.05, 0) is 125 Å². The summed E-state index contributed by atoms with van der Waals surface area (Å²) in [6.07, 6.45) is 16.3. The summed E-state index contributed by atoms with van der Waals surface area (Å²) >= 11 is 0. The van der Waals surface area contributed by atoms with Gasteiger partial charge < -0.3 is 4.74 Å². The van der Waals surface area contributed by atoms with Gasteiger partial charge in [0.05, 0.1) is 0 Å². The monoisotopic (exact) mass is 384 g/mol. The lowest BCUT2D eigenvalue weighted by atomic mass is 9.88. The Morgan fingerprint density at radius 2 is 1.57 bits per heavy atom. The van der Waals surface area contributed by atoms with E-state index < -0.39 is 0 Å². The number of carbonyl (C=O) groups is 1. The first-order chi connectivity index (χ1) is 13.4. The molecule has 2 nitrogen and oxygen atoms in total. The quantitative estimate of drug-likeness (QED) is 0.272. The number of rotatable bonds is 13. The first-order valence-corrected chi connectivity index (χ1v) is 11.6. The van der Waals surface area contributed by atoms with Crippen LogP contribution in [0.1, 0.15) is 105 Å². The first-order valence-electron chi connectivity index (χ1n) is 11.6. The highest BCUT2D eigenvalue weighted by Crippen LogP contribution is 2.49. The minimum Gasteiger partial charge on any atom is -0.461 e. The maximum atomic E-state index is 10.6. The van der Waals surface area contributed by atoms with Crippen LogP contribution in [0.5, 0.6) is 0 Å². The normalized spacial score (nSPS) is 18.7. The van der Waals surface area contributed by atoms with Gasteiger partial charge in [-0.25, -0.2) is 0 Å². The zero-order valence-electron chi connectivity index (χ0n) is 18.7. The van der Waals surface area contributed by atoms with E-state index in [0.717, 1.165) is 32.1 Å². The molecule has 0 bridgehead atoms. The topological polar surface area (TPSA) is 26.3 Å². The number of carbonyl (C=O) groups excluding carboxylic acids is 1. The molecule has 2 aliphatic carbocycles. The minimum absolute atomic E-state index is 0.0961. The number of ether oxygens (including phenoxy) is 1. The van der Waals surface area contributed by atoms with Gasteiger partial charge in [0.1, 0.15) is 5.60 Å². The van der Waals surface area contributed by atoms with Gasteiger partial charge in [0.25, 0.3) is 6.47 Å². The third kappa shape index (κ3) is 5.61. The fraction of sp³-hybridized carbons (Fsp3) is 0.731. The Kier molecular flexibility index (Phi) is 6.89. The van der Waals surface area contributed by atoms with Crippen molar-refractivity contribution < 1.29 is 9.53 Å². The van der Waals surface area contributed by atoms with Crippen LogP contribution in [0.25, 0.3) is 0 Å². The molecular formula is C26H40O2. The van der Waals surface area contributed by atoms with Crippen molar-refractivity contribution in [3.8, 4) is 0 Å². The second-order valence-electron chi connectivity index (χ2n) is 10.1. The summed E-state index contributed by atoms with van der Waals surface area (Å²) in [5, 5.41) is 0. The predicted molar refractivity (Wildman–Crippen MR) is 117 cm³/mol. The molecule has 0 heterocycles. The van der Waals surface area contributed by atoms with Gasteiger partial charge in [0, 0.05) is 0 Å². The average molecular weight is 385 g/mol. The summed E-state index contributed by atoms with van der Waals surface area (Å²) in [4.78, 5) is 10.6. The Labute approximate surface area is 172 Å². The summed E-state index contributed by atoms with van der Waals surface area (Å²) < 4.78 is 5.29. The van der Waals surface area contributed by atoms with Crippen molar-refractivity contribution in [2.24, 2.45) is 5.41 Å². The third-order valence-corrected chi connectivity index (χ3v) is 7.61. The van der Waals surface area contributed by atoms with E-state index in [0.29, 0.717) is 11.9 Å². The maximum Gasteiger partial charge on any atom is 0.293 e. The van der Waals surface area contributed by atoms with E-state index in [1.54, 1.807) is 11.1 Å². The average Bonchev–Trinajstić information content (AvgIpc) is 3.58. The Bertz CT molecular complexity index is 680. The third-order valence-electron chi connectivity index (χ3n) is 7.61. The number of benzene rings is 1. The first kappa shape index (κ1) is 21.4. The van der Waals surface area contributed by atoms with Crippen molar-refractivity contribution >= 4 is 6.47 Å². The second kappa shape index (κ2) is 9.01. The van der Waals surface area contributed by atoms with E-state index in [1.165, 1.54) is 68.1 Å². The zero-order valence-corrected chi connectivity index (χ0v) is 18.7. The molecule has 0 atom stereocenters. The van der Waals surface area contributed by atoms with Crippen LogP contribution in [0.2, 0.25) is 0 Å². The maximum absolute atomic E-state index is 10.6. The smallest absolute Gasteiger partial charge is 0.293 e. The van der Waals surface area contributed by atoms with Crippen LogP contribution in [0.15, 0.2) is 6.07 Å². The summed E-state index contributed by atoms with van der Waals surface area (Å²) in [5.41, 5.74) is 8.21. The van der Waals surface area contributed by atoms with Crippen molar-refractivity contribution in [2.75, 3.05) is 0 Å². The molecule has 0 unspecified atom stereocenters. The van der Waals surface area contributed by atoms with Crippen LogP contribution in [0.4, 0.5) is 0 Å². The number of aryl methyl sites for hydroxylation is 2. The fourth-order valence-corrected chi connectivity index (χ4v) is 4.75. The number of unbranched alkanes of at least 4 members (excludes halogenated alkanes) is 3. The molecule has 1 aromatic rings. The van der Waals surface area contributed by atoms with E-state index in [-0.39, 0.29) is 5.60 Å². The van der Waals surface area contributed by atoms with E-state index in [2.05, 4.69) is 33.8 Å². The van der Waals surface area contributed by atoms with Gasteiger partial charge in [-0.15, -0.1) is 0 Å². The second-order valence-corrected chi connectivity index (χ2v) is 10.1. The Morgan fingerprint density at radius 1 is 0.893 bits per heavy atom. The Hall–Kier alpha value is -1.31. The van der Waals surface area contributed by atoms with Gasteiger partial charge in [-0.1, -0.05) is 25.8 Å². The highest BCUT2D eigenvalue weighted by molar-refractivity contribution is 5.44.